The van der Waals surface area contributed by atoms with Crippen molar-refractivity contribution in [1.29, 1.82) is 0 Å². The number of hydrogen-bond donors (Lipinski definition) is 1. The van der Waals surface area contributed by atoms with Gasteiger partial charge in [0.15, 0.2) is 0 Å². The van der Waals surface area contributed by atoms with E-state index in [0.29, 0.717) is 6.54 Å². The van der Waals surface area contributed by atoms with Gasteiger partial charge in [-0.2, -0.15) is 0 Å². The van der Waals surface area contributed by atoms with Crippen LogP contribution in [0.3, 0.4) is 0 Å². The van der Waals surface area contributed by atoms with Crippen LogP contribution in [-0.4, -0.2) is 23.8 Å². The van der Waals surface area contributed by atoms with E-state index in [9.17, 15) is 9.59 Å². The lowest BCUT2D eigenvalue weighted by molar-refractivity contribution is -0.143. The normalized spacial score (nSPS) is 10.4. The molecule has 17 heavy (non-hydrogen) atoms. The van der Waals surface area contributed by atoms with E-state index in [0.717, 1.165) is 16.5 Å². The fraction of sp³-hybridized carbons (Fsp3) is 0.167. The van der Waals surface area contributed by atoms with Crippen LogP contribution in [-0.2, 0) is 16.1 Å². The minimum absolute atomic E-state index is 0.290. The standard InChI is InChI=1S/C12H12N2O3/c1-14(12(16)11(13)15)6-8-7-17-10-5-3-2-4-9(8)10/h2-5,7H,6H2,1H3,(H2,13,15). The molecular formula is C12H12N2O3. The maximum absolute atomic E-state index is 11.3. The Bertz CT molecular complexity index is 574. The number of rotatable bonds is 2. The molecule has 5 nitrogen and oxygen atoms in total. The van der Waals surface area contributed by atoms with Crippen LogP contribution < -0.4 is 5.73 Å². The smallest absolute Gasteiger partial charge is 0.311 e. The first-order valence-corrected chi connectivity index (χ1v) is 5.09. The zero-order valence-electron chi connectivity index (χ0n) is 9.34. The van der Waals surface area contributed by atoms with Gasteiger partial charge in [0.25, 0.3) is 0 Å². The summed E-state index contributed by atoms with van der Waals surface area (Å²) in [4.78, 5) is 23.3. The summed E-state index contributed by atoms with van der Waals surface area (Å²) in [5.74, 6) is -1.67. The van der Waals surface area contributed by atoms with Crippen LogP contribution in [0.4, 0.5) is 0 Å². The van der Waals surface area contributed by atoms with Crippen molar-refractivity contribution >= 4 is 22.8 Å². The molecule has 0 aliphatic heterocycles. The summed E-state index contributed by atoms with van der Waals surface area (Å²) in [6.45, 7) is 0.290. The van der Waals surface area contributed by atoms with Crippen LogP contribution in [0.25, 0.3) is 11.0 Å². The fourth-order valence-corrected chi connectivity index (χ4v) is 1.67. The molecule has 2 aromatic rings. The van der Waals surface area contributed by atoms with Gasteiger partial charge >= 0.3 is 11.8 Å². The van der Waals surface area contributed by atoms with Crippen molar-refractivity contribution in [2.24, 2.45) is 5.73 Å². The molecule has 88 valence electrons. The Morgan fingerprint density at radius 1 is 1.35 bits per heavy atom. The van der Waals surface area contributed by atoms with Crippen LogP contribution >= 0.6 is 0 Å². The first-order valence-electron chi connectivity index (χ1n) is 5.09. The monoisotopic (exact) mass is 232 g/mol. The molecule has 0 unspecified atom stereocenters. The number of benzene rings is 1. The number of likely N-dealkylation sites (N-methyl/N-ethyl adjacent to an activating group) is 1. The zero-order valence-corrected chi connectivity index (χ0v) is 9.34. The van der Waals surface area contributed by atoms with Gasteiger partial charge in [-0.15, -0.1) is 0 Å². The minimum Gasteiger partial charge on any atom is -0.464 e. The second-order valence-electron chi connectivity index (χ2n) is 3.78. The van der Waals surface area contributed by atoms with Gasteiger partial charge in [-0.05, 0) is 6.07 Å². The van der Waals surface area contributed by atoms with Gasteiger partial charge in [0.05, 0.1) is 6.26 Å². The number of fused-ring (bicyclic) bond motifs is 1. The van der Waals surface area contributed by atoms with Gasteiger partial charge in [-0.3, -0.25) is 9.59 Å². The van der Waals surface area contributed by atoms with Gasteiger partial charge < -0.3 is 15.1 Å². The maximum Gasteiger partial charge on any atom is 0.311 e. The lowest BCUT2D eigenvalue weighted by Gasteiger charge is -2.13. The highest BCUT2D eigenvalue weighted by Crippen LogP contribution is 2.21. The quantitative estimate of drug-likeness (QED) is 0.781. The van der Waals surface area contributed by atoms with E-state index in [2.05, 4.69) is 0 Å². The molecule has 0 atom stereocenters. The number of primary amides is 1. The lowest BCUT2D eigenvalue weighted by atomic mass is 10.1. The second-order valence-corrected chi connectivity index (χ2v) is 3.78. The van der Waals surface area contributed by atoms with E-state index in [1.54, 1.807) is 6.26 Å². The summed E-state index contributed by atoms with van der Waals surface area (Å²) in [5, 5.41) is 0.927. The highest BCUT2D eigenvalue weighted by Gasteiger charge is 2.16. The van der Waals surface area contributed by atoms with Crippen LogP contribution in [0.5, 0.6) is 0 Å². The molecule has 0 bridgehead atoms. The predicted molar refractivity (Wildman–Crippen MR) is 61.9 cm³/mol. The molecule has 2 rings (SSSR count). The van der Waals surface area contributed by atoms with Crippen molar-refractivity contribution in [3.63, 3.8) is 0 Å². The molecule has 0 saturated heterocycles. The molecule has 2 amide bonds. The van der Waals surface area contributed by atoms with Crippen LogP contribution in [0.2, 0.25) is 0 Å². The second kappa shape index (κ2) is 4.29. The summed E-state index contributed by atoms with van der Waals surface area (Å²) in [7, 11) is 1.52. The number of para-hydroxylation sites is 1. The SMILES string of the molecule is CN(Cc1coc2ccccc12)C(=O)C(N)=O. The molecule has 0 saturated carbocycles. The number of amides is 2. The molecule has 0 aliphatic rings. The maximum atomic E-state index is 11.3. The number of carbonyl (C=O) groups excluding carboxylic acids is 2. The van der Waals surface area contributed by atoms with Crippen molar-refractivity contribution in [2.45, 2.75) is 6.54 Å². The number of nitrogens with two attached hydrogens (primary N) is 1. The number of nitrogens with zero attached hydrogens (tertiary/aromatic N) is 1. The zero-order chi connectivity index (χ0) is 12.4. The highest BCUT2D eigenvalue weighted by molar-refractivity contribution is 6.34. The van der Waals surface area contributed by atoms with Crippen molar-refractivity contribution in [3.05, 3.63) is 36.1 Å². The molecular weight excluding hydrogens is 220 g/mol. The Morgan fingerprint density at radius 2 is 2.06 bits per heavy atom. The van der Waals surface area contributed by atoms with E-state index in [1.807, 2.05) is 24.3 Å². The third kappa shape index (κ3) is 2.13. The minimum atomic E-state index is -0.958. The third-order valence-electron chi connectivity index (χ3n) is 2.53. The summed E-state index contributed by atoms with van der Waals surface area (Å²) in [6.07, 6.45) is 1.58. The first-order chi connectivity index (χ1) is 8.09. The molecule has 0 fully saturated rings. The lowest BCUT2D eigenvalue weighted by Crippen LogP contribution is -2.37. The van der Waals surface area contributed by atoms with Crippen molar-refractivity contribution in [2.75, 3.05) is 7.05 Å². The van der Waals surface area contributed by atoms with Crippen LogP contribution in [0.1, 0.15) is 5.56 Å². The number of hydrogen-bond acceptors (Lipinski definition) is 3. The Labute approximate surface area is 97.8 Å². The molecule has 5 heteroatoms. The fourth-order valence-electron chi connectivity index (χ4n) is 1.67. The van der Waals surface area contributed by atoms with Gasteiger partial charge in [0.2, 0.25) is 0 Å². The summed E-state index contributed by atoms with van der Waals surface area (Å²) in [6, 6.07) is 7.50. The van der Waals surface area contributed by atoms with Gasteiger partial charge in [-0.25, -0.2) is 0 Å². The van der Waals surface area contributed by atoms with Crippen molar-refractivity contribution in [3.8, 4) is 0 Å². The Balaban J connectivity index is 2.24. The topological polar surface area (TPSA) is 76.5 Å². The molecule has 1 aromatic carbocycles. The predicted octanol–water partition coefficient (Wildman–Crippen LogP) is 0.876. The van der Waals surface area contributed by atoms with E-state index < -0.39 is 11.8 Å². The van der Waals surface area contributed by atoms with Crippen molar-refractivity contribution < 1.29 is 14.0 Å². The molecule has 2 N–H and O–H groups in total. The molecule has 0 spiro atoms. The van der Waals surface area contributed by atoms with E-state index in [-0.39, 0.29) is 0 Å². The average Bonchev–Trinajstić information content (AvgIpc) is 2.71. The molecule has 1 heterocycles. The van der Waals surface area contributed by atoms with Crippen LogP contribution in [0, 0.1) is 0 Å². The first kappa shape index (κ1) is 11.2. The Kier molecular flexibility index (Phi) is 2.82. The Hall–Kier alpha value is -2.30. The molecule has 0 aliphatic carbocycles. The van der Waals surface area contributed by atoms with E-state index >= 15 is 0 Å². The van der Waals surface area contributed by atoms with Crippen LogP contribution in [0.15, 0.2) is 34.9 Å². The highest BCUT2D eigenvalue weighted by atomic mass is 16.3. The van der Waals surface area contributed by atoms with E-state index in [4.69, 9.17) is 10.2 Å². The van der Waals surface area contributed by atoms with Gasteiger partial charge in [-0.1, -0.05) is 18.2 Å². The van der Waals surface area contributed by atoms with Crippen molar-refractivity contribution in [1.82, 2.24) is 4.90 Å². The number of carbonyl (C=O) groups is 2. The van der Waals surface area contributed by atoms with Gasteiger partial charge in [0.1, 0.15) is 5.58 Å². The summed E-state index contributed by atoms with van der Waals surface area (Å²) < 4.78 is 5.34. The van der Waals surface area contributed by atoms with Gasteiger partial charge in [0, 0.05) is 24.5 Å². The molecule has 0 radical (unpaired) electrons. The third-order valence-corrected chi connectivity index (χ3v) is 2.53. The summed E-state index contributed by atoms with van der Waals surface area (Å²) >= 11 is 0. The molecule has 1 aromatic heterocycles. The Morgan fingerprint density at radius 3 is 2.76 bits per heavy atom. The average molecular weight is 232 g/mol. The van der Waals surface area contributed by atoms with E-state index in [1.165, 1.54) is 11.9 Å². The summed E-state index contributed by atoms with van der Waals surface area (Å²) in [5.41, 5.74) is 6.52. The number of furan rings is 1. The largest absolute Gasteiger partial charge is 0.464 e.